The highest BCUT2D eigenvalue weighted by atomic mass is 32.2. The van der Waals surface area contributed by atoms with Crippen molar-refractivity contribution in [2.75, 3.05) is 19.0 Å². The van der Waals surface area contributed by atoms with Crippen LogP contribution in [0.4, 0.5) is 0 Å². The standard InChI is InChI=1S/C18H29N3OS/c1-14(2)16-12-20-17(21(16)15(3)4)23-11-5-6-18(13-19)7-9-22-10-8-18/h12,14-15H,5-11H2,1-4H3. The summed E-state index contributed by atoms with van der Waals surface area (Å²) in [5.74, 6) is 1.51. The van der Waals surface area contributed by atoms with Crippen molar-refractivity contribution in [2.24, 2.45) is 5.41 Å². The molecule has 0 N–H and O–H groups in total. The summed E-state index contributed by atoms with van der Waals surface area (Å²) in [5.41, 5.74) is 1.15. The third-order valence-electron chi connectivity index (χ3n) is 4.62. The minimum absolute atomic E-state index is 0.157. The van der Waals surface area contributed by atoms with E-state index in [1.54, 1.807) is 0 Å². The minimum Gasteiger partial charge on any atom is -0.381 e. The first-order chi connectivity index (χ1) is 11.0. The third kappa shape index (κ3) is 4.51. The summed E-state index contributed by atoms with van der Waals surface area (Å²) in [6, 6.07) is 2.98. The van der Waals surface area contributed by atoms with Crippen LogP contribution in [0.3, 0.4) is 0 Å². The van der Waals surface area contributed by atoms with Crippen LogP contribution >= 0.6 is 11.8 Å². The summed E-state index contributed by atoms with van der Waals surface area (Å²) in [6.07, 6.45) is 5.81. The SMILES string of the molecule is CC(C)c1cnc(SCCCC2(C#N)CCOCC2)n1C(C)C. The first kappa shape index (κ1) is 18.4. The van der Waals surface area contributed by atoms with E-state index in [-0.39, 0.29) is 5.41 Å². The molecule has 0 atom stereocenters. The first-order valence-corrected chi connectivity index (χ1v) is 9.66. The molecule has 2 rings (SSSR count). The van der Waals surface area contributed by atoms with Crippen molar-refractivity contribution < 1.29 is 4.74 Å². The second kappa shape index (κ2) is 8.21. The van der Waals surface area contributed by atoms with Gasteiger partial charge in [-0.25, -0.2) is 4.98 Å². The van der Waals surface area contributed by atoms with E-state index in [4.69, 9.17) is 4.74 Å². The van der Waals surface area contributed by atoms with Gasteiger partial charge in [-0.15, -0.1) is 0 Å². The molecule has 1 aromatic heterocycles. The first-order valence-electron chi connectivity index (χ1n) is 8.68. The molecular weight excluding hydrogens is 306 g/mol. The number of aromatic nitrogens is 2. The highest BCUT2D eigenvalue weighted by Crippen LogP contribution is 2.36. The van der Waals surface area contributed by atoms with Crippen LogP contribution in [0.25, 0.3) is 0 Å². The lowest BCUT2D eigenvalue weighted by molar-refractivity contribution is 0.0368. The quantitative estimate of drug-likeness (QED) is 0.531. The van der Waals surface area contributed by atoms with Gasteiger partial charge in [0.05, 0.1) is 11.5 Å². The van der Waals surface area contributed by atoms with Crippen LogP contribution in [0.15, 0.2) is 11.4 Å². The largest absolute Gasteiger partial charge is 0.381 e. The van der Waals surface area contributed by atoms with Gasteiger partial charge in [0.25, 0.3) is 0 Å². The molecule has 5 heteroatoms. The summed E-state index contributed by atoms with van der Waals surface area (Å²) in [4.78, 5) is 4.62. The molecule has 1 aliphatic rings. The lowest BCUT2D eigenvalue weighted by Gasteiger charge is -2.30. The van der Waals surface area contributed by atoms with Gasteiger partial charge in [0.15, 0.2) is 5.16 Å². The van der Waals surface area contributed by atoms with Crippen LogP contribution in [-0.4, -0.2) is 28.5 Å². The Morgan fingerprint density at radius 3 is 2.61 bits per heavy atom. The fourth-order valence-electron chi connectivity index (χ4n) is 3.16. The normalized spacial score (nSPS) is 17.6. The monoisotopic (exact) mass is 335 g/mol. The molecule has 0 aliphatic carbocycles. The fraction of sp³-hybridized carbons (Fsp3) is 0.778. The second-order valence-corrected chi connectivity index (χ2v) is 8.10. The Kier molecular flexibility index (Phi) is 6.55. The van der Waals surface area contributed by atoms with Crippen molar-refractivity contribution in [1.29, 1.82) is 5.26 Å². The fourth-order valence-corrected chi connectivity index (χ4v) is 4.22. The molecule has 0 unspecified atom stereocenters. The van der Waals surface area contributed by atoms with E-state index in [2.05, 4.69) is 43.3 Å². The predicted octanol–water partition coefficient (Wildman–Crippen LogP) is 4.78. The number of hydrogen-bond donors (Lipinski definition) is 0. The maximum atomic E-state index is 9.51. The lowest BCUT2D eigenvalue weighted by atomic mass is 9.78. The highest BCUT2D eigenvalue weighted by Gasteiger charge is 2.32. The number of thioether (sulfide) groups is 1. The number of nitriles is 1. The van der Waals surface area contributed by atoms with Gasteiger partial charge in [-0.1, -0.05) is 25.6 Å². The topological polar surface area (TPSA) is 50.8 Å². The third-order valence-corrected chi connectivity index (χ3v) is 5.67. The Labute approximate surface area is 144 Å². The molecule has 0 bridgehead atoms. The summed E-state index contributed by atoms with van der Waals surface area (Å²) in [7, 11) is 0. The molecule has 1 aromatic rings. The summed E-state index contributed by atoms with van der Waals surface area (Å²) in [5, 5.41) is 10.6. The molecule has 4 nitrogen and oxygen atoms in total. The maximum absolute atomic E-state index is 9.51. The number of rotatable bonds is 7. The number of nitrogens with zero attached hydrogens (tertiary/aromatic N) is 3. The molecule has 2 heterocycles. The van der Waals surface area contributed by atoms with Gasteiger partial charge in [0.1, 0.15) is 0 Å². The van der Waals surface area contributed by atoms with E-state index in [1.807, 2.05) is 18.0 Å². The molecule has 0 aromatic carbocycles. The molecule has 0 spiro atoms. The van der Waals surface area contributed by atoms with Crippen LogP contribution in [0.2, 0.25) is 0 Å². The number of ether oxygens (including phenoxy) is 1. The summed E-state index contributed by atoms with van der Waals surface area (Å²) < 4.78 is 7.75. The zero-order valence-corrected chi connectivity index (χ0v) is 15.7. The lowest BCUT2D eigenvalue weighted by Crippen LogP contribution is -2.28. The molecule has 1 fully saturated rings. The zero-order chi connectivity index (χ0) is 16.9. The van der Waals surface area contributed by atoms with E-state index in [0.717, 1.165) is 49.8 Å². The van der Waals surface area contributed by atoms with Crippen molar-refractivity contribution in [2.45, 2.75) is 70.5 Å². The van der Waals surface area contributed by atoms with Gasteiger partial charge < -0.3 is 9.30 Å². The van der Waals surface area contributed by atoms with Crippen LogP contribution in [0.5, 0.6) is 0 Å². The Morgan fingerprint density at radius 2 is 2.04 bits per heavy atom. The van der Waals surface area contributed by atoms with Gasteiger partial charge in [0, 0.05) is 36.9 Å². The van der Waals surface area contributed by atoms with Crippen LogP contribution < -0.4 is 0 Å². The average Bonchev–Trinajstić information content (AvgIpc) is 2.97. The van der Waals surface area contributed by atoms with Crippen LogP contribution in [0, 0.1) is 16.7 Å². The molecule has 128 valence electrons. The molecule has 0 radical (unpaired) electrons. The predicted molar refractivity (Wildman–Crippen MR) is 94.8 cm³/mol. The Bertz CT molecular complexity index is 539. The smallest absolute Gasteiger partial charge is 0.168 e. The van der Waals surface area contributed by atoms with E-state index in [1.165, 1.54) is 5.69 Å². The molecule has 1 saturated heterocycles. The van der Waals surface area contributed by atoms with Crippen molar-refractivity contribution in [3.05, 3.63) is 11.9 Å². The van der Waals surface area contributed by atoms with Crippen LogP contribution in [0.1, 0.15) is 71.0 Å². The van der Waals surface area contributed by atoms with Crippen molar-refractivity contribution in [1.82, 2.24) is 9.55 Å². The number of hydrogen-bond acceptors (Lipinski definition) is 4. The van der Waals surface area contributed by atoms with Crippen LogP contribution in [-0.2, 0) is 4.74 Å². The summed E-state index contributed by atoms with van der Waals surface area (Å²) >= 11 is 1.82. The highest BCUT2D eigenvalue weighted by molar-refractivity contribution is 7.99. The van der Waals surface area contributed by atoms with E-state index in [0.29, 0.717) is 12.0 Å². The van der Waals surface area contributed by atoms with E-state index < -0.39 is 0 Å². The molecule has 0 saturated carbocycles. The molecule has 0 amide bonds. The maximum Gasteiger partial charge on any atom is 0.168 e. The minimum atomic E-state index is -0.157. The van der Waals surface area contributed by atoms with Crippen molar-refractivity contribution in [3.8, 4) is 6.07 Å². The van der Waals surface area contributed by atoms with Gasteiger partial charge in [0.2, 0.25) is 0 Å². The Hall–Kier alpha value is -0.990. The van der Waals surface area contributed by atoms with Gasteiger partial charge in [-0.3, -0.25) is 0 Å². The Balaban J connectivity index is 1.90. The van der Waals surface area contributed by atoms with Gasteiger partial charge >= 0.3 is 0 Å². The zero-order valence-electron chi connectivity index (χ0n) is 14.8. The van der Waals surface area contributed by atoms with E-state index in [9.17, 15) is 5.26 Å². The number of imidazole rings is 1. The van der Waals surface area contributed by atoms with Crippen molar-refractivity contribution >= 4 is 11.8 Å². The van der Waals surface area contributed by atoms with E-state index >= 15 is 0 Å². The molecular formula is C18H29N3OS. The van der Waals surface area contributed by atoms with Gasteiger partial charge in [-0.05, 0) is 45.4 Å². The van der Waals surface area contributed by atoms with Gasteiger partial charge in [-0.2, -0.15) is 5.26 Å². The second-order valence-electron chi connectivity index (χ2n) is 7.04. The summed E-state index contributed by atoms with van der Waals surface area (Å²) in [6.45, 7) is 10.3. The van der Waals surface area contributed by atoms with Crippen molar-refractivity contribution in [3.63, 3.8) is 0 Å². The molecule has 1 aliphatic heterocycles. The molecule has 23 heavy (non-hydrogen) atoms. The average molecular weight is 336 g/mol. The Morgan fingerprint density at radius 1 is 1.35 bits per heavy atom.